The highest BCUT2D eigenvalue weighted by Crippen LogP contribution is 2.23. The minimum absolute atomic E-state index is 0.429. The molecule has 1 fully saturated rings. The number of anilines is 1. The highest BCUT2D eigenvalue weighted by atomic mass is 19.4. The first-order valence-corrected chi connectivity index (χ1v) is 6.31. The van der Waals surface area contributed by atoms with Gasteiger partial charge in [-0.25, -0.2) is 0 Å². The summed E-state index contributed by atoms with van der Waals surface area (Å²) < 4.78 is 36.9. The van der Waals surface area contributed by atoms with E-state index < -0.39 is 12.7 Å². The molecule has 1 saturated heterocycles. The van der Waals surface area contributed by atoms with Gasteiger partial charge in [-0.1, -0.05) is 18.2 Å². The first-order valence-electron chi connectivity index (χ1n) is 6.31. The van der Waals surface area contributed by atoms with Crippen LogP contribution in [0.15, 0.2) is 24.3 Å². The number of piperazine rings is 1. The van der Waals surface area contributed by atoms with E-state index >= 15 is 0 Å². The molecule has 0 atom stereocenters. The van der Waals surface area contributed by atoms with Crippen LogP contribution in [-0.4, -0.2) is 43.8 Å². The Labute approximate surface area is 110 Å². The molecule has 0 aromatic heterocycles. The van der Waals surface area contributed by atoms with E-state index in [4.69, 9.17) is 5.73 Å². The Balaban J connectivity index is 1.96. The van der Waals surface area contributed by atoms with Crippen molar-refractivity contribution in [1.29, 1.82) is 0 Å². The maximum absolute atomic E-state index is 12.3. The topological polar surface area (TPSA) is 32.5 Å². The Morgan fingerprint density at radius 1 is 1.05 bits per heavy atom. The van der Waals surface area contributed by atoms with Crippen LogP contribution in [0.3, 0.4) is 0 Å². The lowest BCUT2D eigenvalue weighted by Gasteiger charge is -2.37. The molecule has 0 spiro atoms. The Morgan fingerprint density at radius 3 is 2.26 bits per heavy atom. The van der Waals surface area contributed by atoms with E-state index in [2.05, 4.69) is 4.90 Å². The number of nitrogens with zero attached hydrogens (tertiary/aromatic N) is 2. The predicted octanol–water partition coefficient (Wildman–Crippen LogP) is 1.83. The first kappa shape index (κ1) is 14.1. The molecule has 106 valence electrons. The van der Waals surface area contributed by atoms with E-state index in [1.807, 2.05) is 24.3 Å². The van der Waals surface area contributed by atoms with Crippen LogP contribution in [0.2, 0.25) is 0 Å². The molecule has 1 aliphatic rings. The average molecular weight is 273 g/mol. The van der Waals surface area contributed by atoms with Crippen LogP contribution >= 0.6 is 0 Å². The smallest absolute Gasteiger partial charge is 0.369 e. The fourth-order valence-corrected chi connectivity index (χ4v) is 2.39. The van der Waals surface area contributed by atoms with Crippen molar-refractivity contribution in [3.63, 3.8) is 0 Å². The Bertz CT molecular complexity index is 412. The zero-order chi connectivity index (χ0) is 13.9. The van der Waals surface area contributed by atoms with Crippen molar-refractivity contribution < 1.29 is 13.2 Å². The third kappa shape index (κ3) is 3.84. The van der Waals surface area contributed by atoms with Gasteiger partial charge in [0.15, 0.2) is 0 Å². The molecule has 0 bridgehead atoms. The zero-order valence-electron chi connectivity index (χ0n) is 10.7. The monoisotopic (exact) mass is 273 g/mol. The molecule has 0 saturated carbocycles. The molecule has 2 N–H and O–H groups in total. The quantitative estimate of drug-likeness (QED) is 0.912. The highest BCUT2D eigenvalue weighted by Gasteiger charge is 2.32. The highest BCUT2D eigenvalue weighted by molar-refractivity contribution is 5.53. The molecule has 0 radical (unpaired) electrons. The summed E-state index contributed by atoms with van der Waals surface area (Å²) in [7, 11) is 0. The summed E-state index contributed by atoms with van der Waals surface area (Å²) in [5.74, 6) is 0. The third-order valence-corrected chi connectivity index (χ3v) is 3.33. The zero-order valence-corrected chi connectivity index (χ0v) is 10.7. The molecule has 0 amide bonds. The van der Waals surface area contributed by atoms with Crippen molar-refractivity contribution in [3.8, 4) is 0 Å². The van der Waals surface area contributed by atoms with E-state index in [0.717, 1.165) is 11.3 Å². The van der Waals surface area contributed by atoms with E-state index in [9.17, 15) is 13.2 Å². The lowest BCUT2D eigenvalue weighted by Crippen LogP contribution is -2.49. The molecule has 1 aliphatic heterocycles. The number of hydrogen-bond donors (Lipinski definition) is 1. The number of hydrogen-bond acceptors (Lipinski definition) is 3. The Hall–Kier alpha value is -1.27. The Kier molecular flexibility index (Phi) is 4.31. The largest absolute Gasteiger partial charge is 0.401 e. The van der Waals surface area contributed by atoms with Crippen LogP contribution < -0.4 is 10.6 Å². The first-order chi connectivity index (χ1) is 8.99. The van der Waals surface area contributed by atoms with Crippen LogP contribution in [0.1, 0.15) is 5.56 Å². The van der Waals surface area contributed by atoms with Gasteiger partial charge >= 0.3 is 6.18 Å². The summed E-state index contributed by atoms with van der Waals surface area (Å²) in [6.45, 7) is 1.69. The van der Waals surface area contributed by atoms with Gasteiger partial charge in [0, 0.05) is 38.4 Å². The average Bonchev–Trinajstić information content (AvgIpc) is 2.38. The lowest BCUT2D eigenvalue weighted by atomic mass is 10.1. The molecule has 19 heavy (non-hydrogen) atoms. The van der Waals surface area contributed by atoms with Gasteiger partial charge in [-0.05, 0) is 11.6 Å². The second-order valence-corrected chi connectivity index (χ2v) is 4.71. The molecule has 3 nitrogen and oxygen atoms in total. The summed E-state index contributed by atoms with van der Waals surface area (Å²) in [6.07, 6.45) is -4.11. The number of alkyl halides is 3. The molecule has 2 rings (SSSR count). The van der Waals surface area contributed by atoms with Crippen molar-refractivity contribution >= 4 is 5.69 Å². The second-order valence-electron chi connectivity index (χ2n) is 4.71. The van der Waals surface area contributed by atoms with Crippen LogP contribution in [0.4, 0.5) is 18.9 Å². The van der Waals surface area contributed by atoms with Crippen molar-refractivity contribution in [1.82, 2.24) is 4.90 Å². The minimum Gasteiger partial charge on any atom is -0.369 e. The van der Waals surface area contributed by atoms with E-state index in [1.165, 1.54) is 4.90 Å². The number of nitrogens with two attached hydrogens (primary N) is 1. The summed E-state index contributed by atoms with van der Waals surface area (Å²) in [4.78, 5) is 3.55. The number of benzene rings is 1. The second kappa shape index (κ2) is 5.79. The van der Waals surface area contributed by atoms with Crippen LogP contribution in [0, 0.1) is 0 Å². The Morgan fingerprint density at radius 2 is 1.68 bits per heavy atom. The van der Waals surface area contributed by atoms with Crippen LogP contribution in [-0.2, 0) is 6.54 Å². The summed E-state index contributed by atoms with van der Waals surface area (Å²) in [5.41, 5.74) is 7.75. The molecule has 1 heterocycles. The minimum atomic E-state index is -4.11. The van der Waals surface area contributed by atoms with Gasteiger partial charge in [0.05, 0.1) is 6.54 Å². The van der Waals surface area contributed by atoms with Crippen molar-refractivity contribution in [2.75, 3.05) is 37.6 Å². The molecule has 1 aromatic carbocycles. The van der Waals surface area contributed by atoms with Crippen molar-refractivity contribution in [2.45, 2.75) is 12.7 Å². The van der Waals surface area contributed by atoms with Gasteiger partial charge in [-0.3, -0.25) is 4.90 Å². The normalized spacial score (nSPS) is 17.8. The van der Waals surface area contributed by atoms with Gasteiger partial charge in [-0.2, -0.15) is 13.2 Å². The SMILES string of the molecule is NCc1ccccc1N1CCN(CC(F)(F)F)CC1. The predicted molar refractivity (Wildman–Crippen MR) is 69.0 cm³/mol. The fraction of sp³-hybridized carbons (Fsp3) is 0.538. The van der Waals surface area contributed by atoms with Gasteiger partial charge in [0.25, 0.3) is 0 Å². The van der Waals surface area contributed by atoms with Crippen LogP contribution in [0.25, 0.3) is 0 Å². The van der Waals surface area contributed by atoms with Crippen molar-refractivity contribution in [2.24, 2.45) is 5.73 Å². The van der Waals surface area contributed by atoms with Crippen molar-refractivity contribution in [3.05, 3.63) is 29.8 Å². The van der Waals surface area contributed by atoms with Gasteiger partial charge < -0.3 is 10.6 Å². The lowest BCUT2D eigenvalue weighted by molar-refractivity contribution is -0.146. The van der Waals surface area contributed by atoms with Gasteiger partial charge in [-0.15, -0.1) is 0 Å². The molecular formula is C13H18F3N3. The van der Waals surface area contributed by atoms with E-state index in [1.54, 1.807) is 0 Å². The number of rotatable bonds is 3. The van der Waals surface area contributed by atoms with E-state index in [-0.39, 0.29) is 0 Å². The summed E-state index contributed by atoms with van der Waals surface area (Å²) in [6, 6.07) is 7.78. The molecule has 0 aliphatic carbocycles. The fourth-order valence-electron chi connectivity index (χ4n) is 2.39. The van der Waals surface area contributed by atoms with Gasteiger partial charge in [0.2, 0.25) is 0 Å². The van der Waals surface area contributed by atoms with Gasteiger partial charge in [0.1, 0.15) is 0 Å². The summed E-state index contributed by atoms with van der Waals surface area (Å²) >= 11 is 0. The van der Waals surface area contributed by atoms with Crippen LogP contribution in [0.5, 0.6) is 0 Å². The molecule has 0 unspecified atom stereocenters. The van der Waals surface area contributed by atoms with E-state index in [0.29, 0.717) is 32.7 Å². The summed E-state index contributed by atoms with van der Waals surface area (Å²) in [5, 5.41) is 0. The standard InChI is InChI=1S/C13H18F3N3/c14-13(15,16)10-18-5-7-19(8-6-18)12-4-2-1-3-11(12)9-17/h1-4H,5-10,17H2. The number of para-hydroxylation sites is 1. The molecule has 6 heteroatoms. The molecular weight excluding hydrogens is 255 g/mol. The maximum atomic E-state index is 12.3. The third-order valence-electron chi connectivity index (χ3n) is 3.33. The number of halogens is 3. The molecule has 1 aromatic rings. The maximum Gasteiger partial charge on any atom is 0.401 e.